The molecule has 19 heavy (non-hydrogen) atoms. The Morgan fingerprint density at radius 3 is 2.68 bits per heavy atom. The molecule has 0 unspecified atom stereocenters. The highest BCUT2D eigenvalue weighted by Gasteiger charge is 2.12. The van der Waals surface area contributed by atoms with Crippen LogP contribution in [0.5, 0.6) is 0 Å². The van der Waals surface area contributed by atoms with E-state index in [1.54, 1.807) is 11.9 Å². The topological polar surface area (TPSA) is 83.0 Å². The second kappa shape index (κ2) is 7.73. The molecular formula is C11H19ClN6O. The molecule has 1 amide bonds. The van der Waals surface area contributed by atoms with Crippen molar-refractivity contribution in [3.8, 4) is 0 Å². The molecule has 0 bridgehead atoms. The molecule has 7 nitrogen and oxygen atoms in total. The van der Waals surface area contributed by atoms with Gasteiger partial charge < -0.3 is 15.5 Å². The van der Waals surface area contributed by atoms with Crippen LogP contribution < -0.4 is 15.5 Å². The molecule has 0 atom stereocenters. The van der Waals surface area contributed by atoms with Gasteiger partial charge in [0.15, 0.2) is 0 Å². The number of aromatic nitrogens is 3. The predicted octanol–water partition coefficient (Wildman–Crippen LogP) is 0.919. The van der Waals surface area contributed by atoms with E-state index >= 15 is 0 Å². The molecule has 1 rings (SSSR count). The lowest BCUT2D eigenvalue weighted by atomic mass is 10.4. The summed E-state index contributed by atoms with van der Waals surface area (Å²) in [6.07, 6.45) is 0.900. The van der Waals surface area contributed by atoms with E-state index in [4.69, 9.17) is 11.6 Å². The number of hydrogen-bond acceptors (Lipinski definition) is 6. The monoisotopic (exact) mass is 286 g/mol. The highest BCUT2D eigenvalue weighted by atomic mass is 35.5. The Morgan fingerprint density at radius 2 is 2.05 bits per heavy atom. The summed E-state index contributed by atoms with van der Waals surface area (Å²) in [6, 6.07) is 0. The molecule has 0 aliphatic rings. The highest BCUT2D eigenvalue weighted by Crippen LogP contribution is 2.12. The number of likely N-dealkylation sites (N-methyl/N-ethyl adjacent to an activating group) is 1. The molecular weight excluding hydrogens is 268 g/mol. The van der Waals surface area contributed by atoms with Gasteiger partial charge in [-0.25, -0.2) is 0 Å². The fraction of sp³-hybridized carbons (Fsp3) is 0.636. The van der Waals surface area contributed by atoms with Gasteiger partial charge in [-0.2, -0.15) is 15.0 Å². The second-order valence-corrected chi connectivity index (χ2v) is 4.30. The van der Waals surface area contributed by atoms with Gasteiger partial charge in [0.1, 0.15) is 0 Å². The van der Waals surface area contributed by atoms with E-state index in [2.05, 4.69) is 25.6 Å². The molecule has 106 valence electrons. The quantitative estimate of drug-likeness (QED) is 0.775. The molecule has 1 heterocycles. The molecule has 0 saturated carbocycles. The van der Waals surface area contributed by atoms with E-state index in [0.29, 0.717) is 25.0 Å². The van der Waals surface area contributed by atoms with Crippen molar-refractivity contribution in [2.24, 2.45) is 0 Å². The molecule has 0 aliphatic carbocycles. The van der Waals surface area contributed by atoms with Crippen molar-refractivity contribution in [3.05, 3.63) is 5.28 Å². The van der Waals surface area contributed by atoms with Crippen molar-refractivity contribution in [2.75, 3.05) is 36.9 Å². The second-order valence-electron chi connectivity index (χ2n) is 3.96. The van der Waals surface area contributed by atoms with Crippen LogP contribution in [0.15, 0.2) is 0 Å². The van der Waals surface area contributed by atoms with E-state index in [9.17, 15) is 4.79 Å². The Hall–Kier alpha value is -1.63. The summed E-state index contributed by atoms with van der Waals surface area (Å²) in [7, 11) is 1.73. The zero-order valence-electron chi connectivity index (χ0n) is 11.4. The zero-order valence-corrected chi connectivity index (χ0v) is 12.2. The first-order valence-electron chi connectivity index (χ1n) is 6.20. The fourth-order valence-corrected chi connectivity index (χ4v) is 1.51. The van der Waals surface area contributed by atoms with Gasteiger partial charge in [0, 0.05) is 20.1 Å². The van der Waals surface area contributed by atoms with Gasteiger partial charge in [-0.15, -0.1) is 0 Å². The number of halogens is 1. The third-order valence-electron chi connectivity index (χ3n) is 2.23. The number of hydrogen-bond donors (Lipinski definition) is 2. The molecule has 0 radical (unpaired) electrons. The van der Waals surface area contributed by atoms with Gasteiger partial charge in [0.05, 0.1) is 6.54 Å². The van der Waals surface area contributed by atoms with Crippen LogP contribution in [0, 0.1) is 0 Å². The minimum Gasteiger partial charge on any atom is -0.355 e. The number of nitrogens with one attached hydrogen (secondary N) is 2. The van der Waals surface area contributed by atoms with Gasteiger partial charge in [-0.05, 0) is 24.9 Å². The molecule has 0 aromatic carbocycles. The average Bonchev–Trinajstić information content (AvgIpc) is 2.36. The Kier molecular flexibility index (Phi) is 6.27. The van der Waals surface area contributed by atoms with Crippen molar-refractivity contribution < 1.29 is 4.79 Å². The Labute approximate surface area is 117 Å². The first kappa shape index (κ1) is 15.4. The summed E-state index contributed by atoms with van der Waals surface area (Å²) in [6.45, 7) is 5.44. The zero-order chi connectivity index (χ0) is 14.3. The van der Waals surface area contributed by atoms with E-state index in [1.165, 1.54) is 0 Å². The summed E-state index contributed by atoms with van der Waals surface area (Å²) < 4.78 is 0. The molecule has 1 aromatic heterocycles. The van der Waals surface area contributed by atoms with Gasteiger partial charge in [0.2, 0.25) is 23.1 Å². The Bertz CT molecular complexity index is 428. The Balaban J connectivity index is 2.70. The smallest absolute Gasteiger partial charge is 0.239 e. The van der Waals surface area contributed by atoms with E-state index < -0.39 is 0 Å². The van der Waals surface area contributed by atoms with Crippen LogP contribution >= 0.6 is 11.6 Å². The van der Waals surface area contributed by atoms with Gasteiger partial charge in [-0.1, -0.05) is 6.92 Å². The molecule has 1 aromatic rings. The van der Waals surface area contributed by atoms with E-state index in [0.717, 1.165) is 6.42 Å². The molecule has 8 heteroatoms. The number of anilines is 2. The van der Waals surface area contributed by atoms with E-state index in [-0.39, 0.29) is 17.7 Å². The van der Waals surface area contributed by atoms with Crippen molar-refractivity contribution in [3.63, 3.8) is 0 Å². The van der Waals surface area contributed by atoms with Gasteiger partial charge >= 0.3 is 0 Å². The van der Waals surface area contributed by atoms with Crippen molar-refractivity contribution in [1.82, 2.24) is 20.3 Å². The number of amides is 1. The molecule has 0 spiro atoms. The maximum Gasteiger partial charge on any atom is 0.239 e. The van der Waals surface area contributed by atoms with Crippen LogP contribution in [0.2, 0.25) is 5.28 Å². The number of carbonyl (C=O) groups is 1. The fourth-order valence-electron chi connectivity index (χ4n) is 1.35. The highest BCUT2D eigenvalue weighted by molar-refractivity contribution is 6.28. The lowest BCUT2D eigenvalue weighted by Gasteiger charge is -2.17. The van der Waals surface area contributed by atoms with Crippen molar-refractivity contribution >= 4 is 29.4 Å². The molecule has 0 saturated heterocycles. The third-order valence-corrected chi connectivity index (χ3v) is 2.39. The average molecular weight is 287 g/mol. The lowest BCUT2D eigenvalue weighted by molar-refractivity contribution is -0.119. The molecule has 0 aliphatic heterocycles. The van der Waals surface area contributed by atoms with Crippen molar-refractivity contribution in [1.29, 1.82) is 0 Å². The first-order chi connectivity index (χ1) is 9.06. The maximum atomic E-state index is 11.6. The number of carbonyl (C=O) groups excluding carboxylic acids is 1. The first-order valence-corrected chi connectivity index (χ1v) is 6.57. The summed E-state index contributed by atoms with van der Waals surface area (Å²) in [5.41, 5.74) is 0. The third kappa shape index (κ3) is 5.25. The number of nitrogens with zero attached hydrogens (tertiary/aromatic N) is 4. The summed E-state index contributed by atoms with van der Waals surface area (Å²) in [5, 5.41) is 5.84. The normalized spacial score (nSPS) is 10.1. The summed E-state index contributed by atoms with van der Waals surface area (Å²) in [5.74, 6) is 0.687. The van der Waals surface area contributed by atoms with Crippen LogP contribution in [0.4, 0.5) is 11.9 Å². The van der Waals surface area contributed by atoms with Crippen LogP contribution in [0.3, 0.4) is 0 Å². The minimum absolute atomic E-state index is 0.0779. The standard InChI is InChI=1S/C11H19ClN6O/c1-4-6-14-8(19)7-18(3)11-16-9(12)15-10(17-11)13-5-2/h4-7H2,1-3H3,(H,14,19)(H,13,15,16,17). The van der Waals surface area contributed by atoms with Gasteiger partial charge in [0.25, 0.3) is 0 Å². The van der Waals surface area contributed by atoms with Crippen molar-refractivity contribution in [2.45, 2.75) is 20.3 Å². The molecule has 2 N–H and O–H groups in total. The summed E-state index contributed by atoms with van der Waals surface area (Å²) >= 11 is 5.82. The largest absolute Gasteiger partial charge is 0.355 e. The minimum atomic E-state index is -0.0779. The SMILES string of the molecule is CCCNC(=O)CN(C)c1nc(Cl)nc(NCC)n1. The Morgan fingerprint density at radius 1 is 1.32 bits per heavy atom. The lowest BCUT2D eigenvalue weighted by Crippen LogP contribution is -2.36. The van der Waals surface area contributed by atoms with E-state index in [1.807, 2.05) is 13.8 Å². The van der Waals surface area contributed by atoms with Crippen LogP contribution in [0.1, 0.15) is 20.3 Å². The summed E-state index contributed by atoms with van der Waals surface area (Å²) in [4.78, 5) is 25.4. The molecule has 0 fully saturated rings. The van der Waals surface area contributed by atoms with Crippen LogP contribution in [0.25, 0.3) is 0 Å². The van der Waals surface area contributed by atoms with Gasteiger partial charge in [-0.3, -0.25) is 4.79 Å². The van der Waals surface area contributed by atoms with Crippen LogP contribution in [-0.2, 0) is 4.79 Å². The maximum absolute atomic E-state index is 11.6. The number of rotatable bonds is 7. The predicted molar refractivity (Wildman–Crippen MR) is 75.6 cm³/mol. The van der Waals surface area contributed by atoms with Crippen LogP contribution in [-0.4, -0.2) is 47.5 Å².